The fourth-order valence-corrected chi connectivity index (χ4v) is 3.67. The van der Waals surface area contributed by atoms with E-state index in [1.54, 1.807) is 0 Å². The second kappa shape index (κ2) is 8.88. The average molecular weight is 342 g/mol. The summed E-state index contributed by atoms with van der Waals surface area (Å²) in [5.74, 6) is 1.43. The van der Waals surface area contributed by atoms with Gasteiger partial charge in [0.25, 0.3) is 0 Å². The predicted molar refractivity (Wildman–Crippen MR) is 103 cm³/mol. The Morgan fingerprint density at radius 1 is 1.20 bits per heavy atom. The number of fused-ring (bicyclic) bond motifs is 1. The molecule has 1 aromatic heterocycles. The van der Waals surface area contributed by atoms with E-state index in [9.17, 15) is 4.79 Å². The van der Waals surface area contributed by atoms with Crippen LogP contribution in [0.25, 0.3) is 11.0 Å². The lowest BCUT2D eigenvalue weighted by Crippen LogP contribution is -2.33. The van der Waals surface area contributed by atoms with Gasteiger partial charge in [-0.15, -0.1) is 0 Å². The molecular weight excluding hydrogens is 312 g/mol. The summed E-state index contributed by atoms with van der Waals surface area (Å²) < 4.78 is 2.25. The zero-order chi connectivity index (χ0) is 17.5. The number of amides is 1. The highest BCUT2D eigenvalue weighted by Crippen LogP contribution is 2.23. The topological polar surface area (TPSA) is 59.0 Å². The summed E-state index contributed by atoms with van der Waals surface area (Å²) >= 11 is 0. The van der Waals surface area contributed by atoms with Crippen LogP contribution in [0.1, 0.15) is 51.9 Å². The molecule has 2 aromatic rings. The van der Waals surface area contributed by atoms with Crippen molar-refractivity contribution in [3.8, 4) is 0 Å². The van der Waals surface area contributed by atoms with Gasteiger partial charge in [0.05, 0.1) is 11.0 Å². The first-order valence-corrected chi connectivity index (χ1v) is 9.76. The van der Waals surface area contributed by atoms with Crippen molar-refractivity contribution in [2.45, 2.75) is 58.4 Å². The molecule has 2 N–H and O–H groups in total. The molecule has 1 aromatic carbocycles. The molecule has 0 saturated heterocycles. The molecule has 1 heterocycles. The normalized spacial score (nSPS) is 15.4. The Labute approximate surface area is 150 Å². The summed E-state index contributed by atoms with van der Waals surface area (Å²) in [6.45, 7) is 4.69. The highest BCUT2D eigenvalue weighted by Gasteiger charge is 2.20. The van der Waals surface area contributed by atoms with Gasteiger partial charge in [0.15, 0.2) is 0 Å². The van der Waals surface area contributed by atoms with Crippen molar-refractivity contribution >= 4 is 22.9 Å². The number of carbonyl (C=O) groups excluding carboxylic acids is 1. The van der Waals surface area contributed by atoms with Crippen molar-refractivity contribution in [2.75, 3.05) is 18.4 Å². The van der Waals surface area contributed by atoms with E-state index in [1.165, 1.54) is 24.8 Å². The lowest BCUT2D eigenvalue weighted by atomic mass is 9.89. The van der Waals surface area contributed by atoms with Gasteiger partial charge < -0.3 is 15.2 Å². The quantitative estimate of drug-likeness (QED) is 0.714. The summed E-state index contributed by atoms with van der Waals surface area (Å²) in [4.78, 5) is 16.8. The van der Waals surface area contributed by atoms with Gasteiger partial charge in [-0.2, -0.15) is 0 Å². The number of anilines is 1. The van der Waals surface area contributed by atoms with Crippen LogP contribution in [-0.4, -0.2) is 28.5 Å². The highest BCUT2D eigenvalue weighted by atomic mass is 16.1. The van der Waals surface area contributed by atoms with Crippen LogP contribution in [0.15, 0.2) is 24.3 Å². The first-order valence-electron chi connectivity index (χ1n) is 9.76. The molecule has 5 heteroatoms. The number of carbonyl (C=O) groups is 1. The second-order valence-electron chi connectivity index (χ2n) is 6.98. The van der Waals surface area contributed by atoms with E-state index in [2.05, 4.69) is 40.3 Å². The molecule has 0 unspecified atom stereocenters. The number of aryl methyl sites for hydroxylation is 1. The zero-order valence-corrected chi connectivity index (χ0v) is 15.3. The van der Waals surface area contributed by atoms with Crippen LogP contribution in [0.5, 0.6) is 0 Å². The van der Waals surface area contributed by atoms with Gasteiger partial charge in [-0.3, -0.25) is 4.79 Å². The molecule has 0 bridgehead atoms. The number of nitrogens with zero attached hydrogens (tertiary/aromatic N) is 2. The number of imidazole rings is 1. The number of nitrogens with one attached hydrogen (secondary N) is 2. The van der Waals surface area contributed by atoms with E-state index in [1.807, 2.05) is 6.07 Å². The number of para-hydroxylation sites is 2. The van der Waals surface area contributed by atoms with Gasteiger partial charge in [-0.05, 0) is 37.8 Å². The van der Waals surface area contributed by atoms with Gasteiger partial charge in [0, 0.05) is 25.6 Å². The maximum atomic E-state index is 12.1. The molecule has 0 atom stereocenters. The summed E-state index contributed by atoms with van der Waals surface area (Å²) in [5.41, 5.74) is 2.21. The van der Waals surface area contributed by atoms with Crippen molar-refractivity contribution in [1.82, 2.24) is 14.9 Å². The lowest BCUT2D eigenvalue weighted by molar-refractivity contribution is -0.125. The smallest absolute Gasteiger partial charge is 0.223 e. The van der Waals surface area contributed by atoms with Gasteiger partial charge in [-0.1, -0.05) is 38.3 Å². The molecule has 25 heavy (non-hydrogen) atoms. The van der Waals surface area contributed by atoms with Crippen molar-refractivity contribution < 1.29 is 4.79 Å². The lowest BCUT2D eigenvalue weighted by Gasteiger charge is -2.20. The Balaban J connectivity index is 1.46. The Kier molecular flexibility index (Phi) is 6.31. The van der Waals surface area contributed by atoms with Crippen molar-refractivity contribution in [2.24, 2.45) is 5.92 Å². The minimum Gasteiger partial charge on any atom is -0.356 e. The SMILES string of the molecule is CCCn1c(NCCCNC(=O)C2CCCCC2)nc2ccccc21. The van der Waals surface area contributed by atoms with Gasteiger partial charge in [0.2, 0.25) is 11.9 Å². The number of hydrogen-bond donors (Lipinski definition) is 2. The summed E-state index contributed by atoms with van der Waals surface area (Å²) in [7, 11) is 0. The number of rotatable bonds is 8. The molecule has 3 rings (SSSR count). The molecule has 1 fully saturated rings. The largest absolute Gasteiger partial charge is 0.356 e. The van der Waals surface area contributed by atoms with E-state index in [0.717, 1.165) is 56.8 Å². The van der Waals surface area contributed by atoms with Crippen LogP contribution >= 0.6 is 0 Å². The summed E-state index contributed by atoms with van der Waals surface area (Å²) in [6, 6.07) is 8.25. The van der Waals surface area contributed by atoms with Gasteiger partial charge >= 0.3 is 0 Å². The fraction of sp³-hybridized carbons (Fsp3) is 0.600. The van der Waals surface area contributed by atoms with E-state index in [0.29, 0.717) is 0 Å². The standard InChI is InChI=1S/C20H30N4O/c1-2-15-24-18-12-7-6-11-17(18)23-20(24)22-14-8-13-21-19(25)16-9-4-3-5-10-16/h6-7,11-12,16H,2-5,8-10,13-15H2,1H3,(H,21,25)(H,22,23). The molecule has 1 saturated carbocycles. The van der Waals surface area contributed by atoms with Crippen LogP contribution in [0.4, 0.5) is 5.95 Å². The first kappa shape index (κ1) is 17.8. The third-order valence-electron chi connectivity index (χ3n) is 5.01. The van der Waals surface area contributed by atoms with Crippen molar-refractivity contribution in [1.29, 1.82) is 0 Å². The Hall–Kier alpha value is -2.04. The van der Waals surface area contributed by atoms with Crippen molar-refractivity contribution in [3.05, 3.63) is 24.3 Å². The second-order valence-corrected chi connectivity index (χ2v) is 6.98. The molecule has 136 valence electrons. The molecule has 1 amide bonds. The predicted octanol–water partition coefficient (Wildman–Crippen LogP) is 3.94. The van der Waals surface area contributed by atoms with E-state index < -0.39 is 0 Å². The molecule has 1 aliphatic rings. The Morgan fingerprint density at radius 2 is 2.00 bits per heavy atom. The van der Waals surface area contributed by atoms with E-state index in [-0.39, 0.29) is 11.8 Å². The van der Waals surface area contributed by atoms with E-state index >= 15 is 0 Å². The summed E-state index contributed by atoms with van der Waals surface area (Å²) in [5, 5.41) is 6.54. The van der Waals surface area contributed by atoms with Crippen LogP contribution in [0.2, 0.25) is 0 Å². The van der Waals surface area contributed by atoms with Gasteiger partial charge in [0.1, 0.15) is 0 Å². The number of benzene rings is 1. The molecule has 0 radical (unpaired) electrons. The molecule has 0 aliphatic heterocycles. The number of aromatic nitrogens is 2. The third kappa shape index (κ3) is 4.53. The average Bonchev–Trinajstić information content (AvgIpc) is 3.00. The molecular formula is C20H30N4O. The first-order chi connectivity index (χ1) is 12.3. The van der Waals surface area contributed by atoms with Gasteiger partial charge in [-0.25, -0.2) is 4.98 Å². The summed E-state index contributed by atoms with van der Waals surface area (Å²) in [6.07, 6.45) is 7.80. The minimum atomic E-state index is 0.246. The minimum absolute atomic E-state index is 0.246. The monoisotopic (exact) mass is 342 g/mol. The van der Waals surface area contributed by atoms with Crippen LogP contribution in [0.3, 0.4) is 0 Å². The van der Waals surface area contributed by atoms with Crippen molar-refractivity contribution in [3.63, 3.8) is 0 Å². The van der Waals surface area contributed by atoms with Crippen LogP contribution in [-0.2, 0) is 11.3 Å². The zero-order valence-electron chi connectivity index (χ0n) is 15.3. The molecule has 0 spiro atoms. The highest BCUT2D eigenvalue weighted by molar-refractivity contribution is 5.79. The van der Waals surface area contributed by atoms with Crippen LogP contribution in [0, 0.1) is 5.92 Å². The number of hydrogen-bond acceptors (Lipinski definition) is 3. The van der Waals surface area contributed by atoms with Crippen LogP contribution < -0.4 is 10.6 Å². The molecule has 1 aliphatic carbocycles. The Morgan fingerprint density at radius 3 is 2.80 bits per heavy atom. The maximum absolute atomic E-state index is 12.1. The third-order valence-corrected chi connectivity index (χ3v) is 5.01. The molecule has 5 nitrogen and oxygen atoms in total. The Bertz CT molecular complexity index is 688. The van der Waals surface area contributed by atoms with E-state index in [4.69, 9.17) is 4.98 Å². The maximum Gasteiger partial charge on any atom is 0.223 e. The fourth-order valence-electron chi connectivity index (χ4n) is 3.67.